The Bertz CT molecular complexity index is 502. The van der Waals surface area contributed by atoms with Crippen molar-refractivity contribution in [1.82, 2.24) is 10.2 Å². The SMILES string of the molecule is COC(=O)c1ccccc1SSc1nncs1. The zero-order valence-corrected chi connectivity index (χ0v) is 11.3. The van der Waals surface area contributed by atoms with E-state index in [1.165, 1.54) is 40.0 Å². The highest BCUT2D eigenvalue weighted by Gasteiger charge is 2.12. The summed E-state index contributed by atoms with van der Waals surface area (Å²) in [4.78, 5) is 12.4. The van der Waals surface area contributed by atoms with Gasteiger partial charge in [0.25, 0.3) is 0 Å². The third-order valence-electron chi connectivity index (χ3n) is 1.84. The van der Waals surface area contributed by atoms with E-state index in [9.17, 15) is 4.79 Å². The van der Waals surface area contributed by atoms with Crippen LogP contribution in [-0.4, -0.2) is 23.3 Å². The fourth-order valence-corrected chi connectivity index (χ4v) is 3.96. The summed E-state index contributed by atoms with van der Waals surface area (Å²) in [6.07, 6.45) is 0. The van der Waals surface area contributed by atoms with E-state index in [1.807, 2.05) is 18.2 Å². The number of hydrogen-bond donors (Lipinski definition) is 0. The van der Waals surface area contributed by atoms with E-state index in [0.29, 0.717) is 5.56 Å². The van der Waals surface area contributed by atoms with Crippen LogP contribution in [0.25, 0.3) is 0 Å². The van der Waals surface area contributed by atoms with Crippen LogP contribution in [0, 0.1) is 0 Å². The molecule has 0 aliphatic heterocycles. The van der Waals surface area contributed by atoms with E-state index < -0.39 is 0 Å². The first-order valence-electron chi connectivity index (χ1n) is 4.59. The van der Waals surface area contributed by atoms with Crippen LogP contribution in [0.1, 0.15) is 10.4 Å². The number of rotatable bonds is 4. The van der Waals surface area contributed by atoms with Gasteiger partial charge in [-0.25, -0.2) is 4.79 Å². The van der Waals surface area contributed by atoms with Gasteiger partial charge >= 0.3 is 5.97 Å². The second-order valence-electron chi connectivity index (χ2n) is 2.86. The van der Waals surface area contributed by atoms with Crippen LogP contribution in [-0.2, 0) is 4.74 Å². The minimum absolute atomic E-state index is 0.328. The molecule has 0 bridgehead atoms. The first-order valence-corrected chi connectivity index (χ1v) is 7.62. The molecule has 2 aromatic rings. The second kappa shape index (κ2) is 6.04. The van der Waals surface area contributed by atoms with Gasteiger partial charge in [0.15, 0.2) is 4.34 Å². The third kappa shape index (κ3) is 3.21. The van der Waals surface area contributed by atoms with Gasteiger partial charge in [0.05, 0.1) is 12.7 Å². The summed E-state index contributed by atoms with van der Waals surface area (Å²) in [5, 5.41) is 7.67. The minimum atomic E-state index is -0.328. The molecule has 0 unspecified atom stereocenters. The van der Waals surface area contributed by atoms with Crippen LogP contribution < -0.4 is 0 Å². The zero-order valence-electron chi connectivity index (χ0n) is 8.82. The molecule has 0 spiro atoms. The van der Waals surface area contributed by atoms with Gasteiger partial charge in [-0.2, -0.15) is 0 Å². The normalized spacial score (nSPS) is 10.2. The van der Waals surface area contributed by atoms with Gasteiger partial charge in [-0.05, 0) is 33.7 Å². The Hall–Kier alpha value is -1.05. The minimum Gasteiger partial charge on any atom is -0.465 e. The lowest BCUT2D eigenvalue weighted by Crippen LogP contribution is -2.02. The Labute approximate surface area is 110 Å². The molecule has 0 radical (unpaired) electrons. The van der Waals surface area contributed by atoms with E-state index >= 15 is 0 Å². The van der Waals surface area contributed by atoms with E-state index in [2.05, 4.69) is 10.2 Å². The fourth-order valence-electron chi connectivity index (χ4n) is 1.10. The van der Waals surface area contributed by atoms with Crippen molar-refractivity contribution in [2.45, 2.75) is 9.24 Å². The van der Waals surface area contributed by atoms with Gasteiger partial charge in [0, 0.05) is 4.90 Å². The molecule has 4 nitrogen and oxygen atoms in total. The Morgan fingerprint density at radius 1 is 1.35 bits per heavy atom. The Balaban J connectivity index is 2.12. The standard InChI is InChI=1S/C10H8N2O2S3/c1-14-9(13)7-4-2-3-5-8(7)16-17-10-12-11-6-15-10/h2-6H,1H3. The maximum Gasteiger partial charge on any atom is 0.339 e. The summed E-state index contributed by atoms with van der Waals surface area (Å²) in [5.41, 5.74) is 2.24. The molecule has 88 valence electrons. The molecular formula is C10H8N2O2S3. The van der Waals surface area contributed by atoms with Crippen molar-refractivity contribution in [3.8, 4) is 0 Å². The van der Waals surface area contributed by atoms with Crippen molar-refractivity contribution in [3.05, 3.63) is 35.3 Å². The van der Waals surface area contributed by atoms with Crippen molar-refractivity contribution in [3.63, 3.8) is 0 Å². The maximum atomic E-state index is 11.5. The molecule has 0 atom stereocenters. The largest absolute Gasteiger partial charge is 0.465 e. The van der Waals surface area contributed by atoms with Crippen molar-refractivity contribution in [2.24, 2.45) is 0 Å². The van der Waals surface area contributed by atoms with Crippen LogP contribution in [0.5, 0.6) is 0 Å². The van der Waals surface area contributed by atoms with Crippen molar-refractivity contribution < 1.29 is 9.53 Å². The Morgan fingerprint density at radius 3 is 2.88 bits per heavy atom. The monoisotopic (exact) mass is 284 g/mol. The number of nitrogens with zero attached hydrogens (tertiary/aromatic N) is 2. The summed E-state index contributed by atoms with van der Waals surface area (Å²) >= 11 is 1.47. The maximum absolute atomic E-state index is 11.5. The molecule has 0 aliphatic rings. The molecule has 1 aromatic heterocycles. The smallest absolute Gasteiger partial charge is 0.339 e. The lowest BCUT2D eigenvalue weighted by Gasteiger charge is -2.04. The van der Waals surface area contributed by atoms with Gasteiger partial charge in [0.1, 0.15) is 5.51 Å². The second-order valence-corrected chi connectivity index (χ2v) is 6.11. The van der Waals surface area contributed by atoms with Crippen LogP contribution >= 0.6 is 32.9 Å². The molecule has 2 rings (SSSR count). The first kappa shape index (κ1) is 12.4. The van der Waals surface area contributed by atoms with Gasteiger partial charge < -0.3 is 4.74 Å². The Morgan fingerprint density at radius 2 is 2.18 bits per heavy atom. The summed E-state index contributed by atoms with van der Waals surface area (Å²) in [7, 11) is 4.32. The number of carbonyl (C=O) groups is 1. The van der Waals surface area contributed by atoms with Gasteiger partial charge in [0.2, 0.25) is 0 Å². The number of methoxy groups -OCH3 is 1. The van der Waals surface area contributed by atoms with Crippen molar-refractivity contribution in [2.75, 3.05) is 7.11 Å². The van der Waals surface area contributed by atoms with Gasteiger partial charge in [-0.3, -0.25) is 0 Å². The topological polar surface area (TPSA) is 52.1 Å². The van der Waals surface area contributed by atoms with Crippen molar-refractivity contribution >= 4 is 38.9 Å². The predicted molar refractivity (Wildman–Crippen MR) is 69.4 cm³/mol. The summed E-state index contributed by atoms with van der Waals surface area (Å²) in [6.45, 7) is 0. The fraction of sp³-hybridized carbons (Fsp3) is 0.100. The first-order chi connectivity index (χ1) is 8.31. The number of benzene rings is 1. The molecule has 0 amide bonds. The zero-order chi connectivity index (χ0) is 12.1. The molecule has 0 saturated carbocycles. The molecular weight excluding hydrogens is 276 g/mol. The lowest BCUT2D eigenvalue weighted by atomic mass is 10.2. The highest BCUT2D eigenvalue weighted by Crippen LogP contribution is 2.39. The van der Waals surface area contributed by atoms with E-state index in [1.54, 1.807) is 11.6 Å². The van der Waals surface area contributed by atoms with Crippen LogP contribution in [0.15, 0.2) is 39.0 Å². The molecule has 7 heteroatoms. The molecule has 1 heterocycles. The number of ether oxygens (including phenoxy) is 1. The van der Waals surface area contributed by atoms with Crippen LogP contribution in [0.3, 0.4) is 0 Å². The molecule has 0 N–H and O–H groups in total. The number of aromatic nitrogens is 2. The van der Waals surface area contributed by atoms with Crippen LogP contribution in [0.4, 0.5) is 0 Å². The van der Waals surface area contributed by atoms with Crippen molar-refractivity contribution in [1.29, 1.82) is 0 Å². The highest BCUT2D eigenvalue weighted by atomic mass is 33.1. The predicted octanol–water partition coefficient (Wildman–Crippen LogP) is 3.12. The summed E-state index contributed by atoms with van der Waals surface area (Å²) in [5.74, 6) is -0.328. The van der Waals surface area contributed by atoms with E-state index in [0.717, 1.165) is 9.24 Å². The van der Waals surface area contributed by atoms with Crippen LogP contribution in [0.2, 0.25) is 0 Å². The number of carbonyl (C=O) groups excluding carboxylic acids is 1. The molecule has 17 heavy (non-hydrogen) atoms. The quantitative estimate of drug-likeness (QED) is 0.635. The third-order valence-corrected chi connectivity index (χ3v) is 5.28. The summed E-state index contributed by atoms with van der Waals surface area (Å²) in [6, 6.07) is 7.32. The number of esters is 1. The average Bonchev–Trinajstić information content (AvgIpc) is 2.89. The molecule has 0 saturated heterocycles. The molecule has 0 fully saturated rings. The number of hydrogen-bond acceptors (Lipinski definition) is 7. The molecule has 0 aliphatic carbocycles. The summed E-state index contributed by atoms with van der Waals surface area (Å²) < 4.78 is 5.58. The Kier molecular flexibility index (Phi) is 4.41. The van der Waals surface area contributed by atoms with E-state index in [-0.39, 0.29) is 5.97 Å². The highest BCUT2D eigenvalue weighted by molar-refractivity contribution is 8.77. The van der Waals surface area contributed by atoms with Gasteiger partial charge in [-0.1, -0.05) is 23.5 Å². The average molecular weight is 284 g/mol. The lowest BCUT2D eigenvalue weighted by molar-refractivity contribution is 0.0597. The van der Waals surface area contributed by atoms with Gasteiger partial charge in [-0.15, -0.1) is 10.2 Å². The molecule has 1 aromatic carbocycles. The van der Waals surface area contributed by atoms with E-state index in [4.69, 9.17) is 4.74 Å².